The third-order valence-electron chi connectivity index (χ3n) is 2.30. The van der Waals surface area contributed by atoms with Gasteiger partial charge in [0.05, 0.1) is 5.03 Å². The maximum absolute atomic E-state index is 11.6. The molecule has 3 nitrogen and oxygen atoms in total. The third kappa shape index (κ3) is 3.58. The zero-order chi connectivity index (χ0) is 13.0. The van der Waals surface area contributed by atoms with Crippen LogP contribution in [-0.4, -0.2) is 12.1 Å². The highest BCUT2D eigenvalue weighted by Gasteiger charge is 2.11. The van der Waals surface area contributed by atoms with E-state index in [2.05, 4.69) is 5.32 Å². The Labute approximate surface area is 110 Å². The van der Waals surface area contributed by atoms with Crippen LogP contribution < -0.4 is 5.32 Å². The first-order valence-corrected chi connectivity index (χ1v) is 5.65. The molecule has 0 saturated carbocycles. The lowest BCUT2D eigenvalue weighted by molar-refractivity contribution is -0.112. The third-order valence-corrected chi connectivity index (χ3v) is 3.07. The lowest BCUT2D eigenvalue weighted by atomic mass is 10.1. The number of anilines is 1. The number of rotatable bonds is 3. The minimum absolute atomic E-state index is 0.0898. The van der Waals surface area contributed by atoms with Crippen LogP contribution in [0.25, 0.3) is 0 Å². The average molecular weight is 271 g/mol. The van der Waals surface area contributed by atoms with Crippen LogP contribution in [0.4, 0.5) is 5.69 Å². The van der Waals surface area contributed by atoms with Crippen LogP contribution in [0.1, 0.15) is 11.1 Å². The van der Waals surface area contributed by atoms with Crippen molar-refractivity contribution in [2.24, 2.45) is 0 Å². The summed E-state index contributed by atoms with van der Waals surface area (Å²) in [5, 5.41) is 9.22. The summed E-state index contributed by atoms with van der Waals surface area (Å²) in [6.07, 6.45) is 0.823. The van der Waals surface area contributed by atoms with Gasteiger partial charge in [-0.15, -0.1) is 0 Å². The van der Waals surface area contributed by atoms with Crippen molar-refractivity contribution in [1.82, 2.24) is 0 Å². The Morgan fingerprint density at radius 2 is 1.94 bits per heavy atom. The Kier molecular flexibility index (Phi) is 4.73. The molecule has 0 spiro atoms. The molecule has 0 atom stereocenters. The number of halogens is 2. The van der Waals surface area contributed by atoms with E-state index in [0.717, 1.165) is 17.3 Å². The van der Waals surface area contributed by atoms with Crippen LogP contribution in [0.3, 0.4) is 0 Å². The summed E-state index contributed by atoms with van der Waals surface area (Å²) in [5.74, 6) is -0.525. The van der Waals surface area contributed by atoms with Crippen LogP contribution in [0.15, 0.2) is 28.3 Å². The molecule has 0 aliphatic heterocycles. The van der Waals surface area contributed by atoms with Crippen LogP contribution >= 0.6 is 23.2 Å². The minimum atomic E-state index is -0.525. The number of carbonyl (C=O) groups is 1. The van der Waals surface area contributed by atoms with Crippen molar-refractivity contribution < 1.29 is 4.79 Å². The lowest BCUT2D eigenvalue weighted by Gasteiger charge is -2.07. The predicted molar refractivity (Wildman–Crippen MR) is 72.1 cm³/mol. The molecule has 0 bridgehead atoms. The van der Waals surface area contributed by atoms with Gasteiger partial charge in [0.1, 0.15) is 5.03 Å². The van der Waals surface area contributed by atoms with Gasteiger partial charge >= 0.3 is 0 Å². The molecule has 0 radical (unpaired) electrons. The molecule has 0 heterocycles. The molecule has 0 aliphatic rings. The fourth-order valence-corrected chi connectivity index (χ4v) is 1.36. The zero-order valence-electron chi connectivity index (χ0n) is 9.47. The number of benzene rings is 1. The molecular formula is C12H12Cl2N2O. The zero-order valence-corrected chi connectivity index (χ0v) is 11.0. The lowest BCUT2D eigenvalue weighted by Crippen LogP contribution is -2.12. The smallest absolute Gasteiger partial charge is 0.268 e. The van der Waals surface area contributed by atoms with Crippen LogP contribution in [-0.2, 0) is 4.79 Å². The molecule has 1 aromatic rings. The molecule has 1 rings (SSSR count). The van der Waals surface area contributed by atoms with E-state index in [1.807, 2.05) is 26.0 Å². The summed E-state index contributed by atoms with van der Waals surface area (Å²) >= 11 is 11.3. The first-order chi connectivity index (χ1) is 7.95. The molecule has 5 heteroatoms. The molecule has 90 valence electrons. The fourth-order valence-electron chi connectivity index (χ4n) is 1.18. The Balaban J connectivity index is 2.89. The maximum Gasteiger partial charge on any atom is 0.268 e. The SMILES string of the molecule is Cc1ccc(NC(=O)/C(Cl)=C(/Cl)C=N)cc1C. The standard InChI is InChI=1S/C12H12Cl2N2O/c1-7-3-4-9(5-8(7)2)16-12(17)11(14)10(13)6-15/h3-6,15H,1-2H3,(H,16,17)/b11-10-,15-6?. The van der Waals surface area contributed by atoms with Crippen molar-refractivity contribution in [1.29, 1.82) is 5.41 Å². The Bertz CT molecular complexity index is 495. The van der Waals surface area contributed by atoms with Gasteiger partial charge in [-0.1, -0.05) is 29.3 Å². The summed E-state index contributed by atoms with van der Waals surface area (Å²) in [6, 6.07) is 5.53. The van der Waals surface area contributed by atoms with Crippen molar-refractivity contribution in [2.75, 3.05) is 5.32 Å². The molecule has 2 N–H and O–H groups in total. The number of allylic oxidation sites excluding steroid dienone is 1. The van der Waals surface area contributed by atoms with Gasteiger partial charge in [0.15, 0.2) is 0 Å². The highest BCUT2D eigenvalue weighted by atomic mass is 35.5. The molecular weight excluding hydrogens is 259 g/mol. The number of hydrogen-bond acceptors (Lipinski definition) is 2. The molecule has 0 unspecified atom stereocenters. The normalized spacial score (nSPS) is 11.8. The van der Waals surface area contributed by atoms with Gasteiger partial charge in [-0.2, -0.15) is 0 Å². The van der Waals surface area contributed by atoms with Gasteiger partial charge < -0.3 is 10.7 Å². The van der Waals surface area contributed by atoms with Gasteiger partial charge in [0.2, 0.25) is 0 Å². The van der Waals surface area contributed by atoms with Crippen LogP contribution in [0.2, 0.25) is 0 Å². The number of aryl methyl sites for hydroxylation is 2. The molecule has 1 aromatic carbocycles. The molecule has 0 fully saturated rings. The van der Waals surface area contributed by atoms with E-state index >= 15 is 0 Å². The van der Waals surface area contributed by atoms with Crippen molar-refractivity contribution in [3.63, 3.8) is 0 Å². The Hall–Kier alpha value is -1.32. The highest BCUT2D eigenvalue weighted by molar-refractivity contribution is 6.53. The summed E-state index contributed by atoms with van der Waals surface area (Å²) < 4.78 is 0. The van der Waals surface area contributed by atoms with E-state index in [4.69, 9.17) is 28.6 Å². The molecule has 0 aromatic heterocycles. The van der Waals surface area contributed by atoms with Crippen molar-refractivity contribution in [3.05, 3.63) is 39.4 Å². The maximum atomic E-state index is 11.6. The van der Waals surface area contributed by atoms with E-state index < -0.39 is 5.91 Å². The largest absolute Gasteiger partial charge is 0.321 e. The van der Waals surface area contributed by atoms with E-state index in [1.165, 1.54) is 0 Å². The minimum Gasteiger partial charge on any atom is -0.321 e. The number of amides is 1. The monoisotopic (exact) mass is 270 g/mol. The van der Waals surface area contributed by atoms with E-state index in [1.54, 1.807) is 6.07 Å². The summed E-state index contributed by atoms with van der Waals surface area (Å²) in [4.78, 5) is 11.6. The fraction of sp³-hybridized carbons (Fsp3) is 0.167. The summed E-state index contributed by atoms with van der Waals surface area (Å²) in [6.45, 7) is 3.94. The molecule has 17 heavy (non-hydrogen) atoms. The van der Waals surface area contributed by atoms with E-state index in [9.17, 15) is 4.79 Å². The van der Waals surface area contributed by atoms with Crippen molar-refractivity contribution in [2.45, 2.75) is 13.8 Å². The van der Waals surface area contributed by atoms with E-state index in [-0.39, 0.29) is 10.1 Å². The van der Waals surface area contributed by atoms with Crippen molar-refractivity contribution >= 4 is 41.0 Å². The molecule has 1 amide bonds. The first-order valence-electron chi connectivity index (χ1n) is 4.90. The number of hydrogen-bond donors (Lipinski definition) is 2. The number of nitrogens with one attached hydrogen (secondary N) is 2. The molecule has 0 aliphatic carbocycles. The number of carbonyl (C=O) groups excluding carboxylic acids is 1. The second-order valence-electron chi connectivity index (χ2n) is 3.56. The van der Waals surface area contributed by atoms with Crippen LogP contribution in [0.5, 0.6) is 0 Å². The van der Waals surface area contributed by atoms with Gasteiger partial charge in [-0.3, -0.25) is 4.79 Å². The molecule has 0 saturated heterocycles. The van der Waals surface area contributed by atoms with E-state index in [0.29, 0.717) is 5.69 Å². The highest BCUT2D eigenvalue weighted by Crippen LogP contribution is 2.18. The van der Waals surface area contributed by atoms with Gasteiger partial charge in [-0.25, -0.2) is 0 Å². The first kappa shape index (κ1) is 13.7. The second-order valence-corrected chi connectivity index (χ2v) is 4.34. The Morgan fingerprint density at radius 1 is 1.29 bits per heavy atom. The predicted octanol–water partition coefficient (Wildman–Crippen LogP) is 3.58. The van der Waals surface area contributed by atoms with Crippen LogP contribution in [0, 0.1) is 19.3 Å². The summed E-state index contributed by atoms with van der Waals surface area (Å²) in [5.41, 5.74) is 2.86. The van der Waals surface area contributed by atoms with Crippen molar-refractivity contribution in [3.8, 4) is 0 Å². The summed E-state index contributed by atoms with van der Waals surface area (Å²) in [7, 11) is 0. The van der Waals surface area contributed by atoms with Gasteiger partial charge in [0, 0.05) is 11.9 Å². The second kappa shape index (κ2) is 5.84. The Morgan fingerprint density at radius 3 is 2.47 bits per heavy atom. The van der Waals surface area contributed by atoms with Gasteiger partial charge in [0.25, 0.3) is 5.91 Å². The quantitative estimate of drug-likeness (QED) is 0.640. The van der Waals surface area contributed by atoms with Gasteiger partial charge in [-0.05, 0) is 37.1 Å². The average Bonchev–Trinajstić information content (AvgIpc) is 2.31. The topological polar surface area (TPSA) is 53.0 Å².